The molecule has 30 heavy (non-hydrogen) atoms. The summed E-state index contributed by atoms with van der Waals surface area (Å²) >= 11 is 12.5. The molecule has 0 aliphatic rings. The molecule has 10 heteroatoms. The molecule has 0 radical (unpaired) electrons. The molecule has 0 unspecified atom stereocenters. The van der Waals surface area contributed by atoms with Gasteiger partial charge in [-0.25, -0.2) is 14.8 Å². The van der Waals surface area contributed by atoms with Crippen LogP contribution in [0.15, 0.2) is 35.3 Å². The summed E-state index contributed by atoms with van der Waals surface area (Å²) in [7, 11) is 0. The molecule has 3 aromatic rings. The van der Waals surface area contributed by atoms with Gasteiger partial charge in [0, 0.05) is 0 Å². The zero-order chi connectivity index (χ0) is 22.2. The average molecular weight is 450 g/mol. The van der Waals surface area contributed by atoms with Crippen LogP contribution in [0.5, 0.6) is 0 Å². The lowest BCUT2D eigenvalue weighted by atomic mass is 10.2. The minimum atomic E-state index is -0.704. The Balaban J connectivity index is 2.22. The van der Waals surface area contributed by atoms with Gasteiger partial charge in [0.1, 0.15) is 17.2 Å². The monoisotopic (exact) mass is 449 g/mol. The summed E-state index contributed by atoms with van der Waals surface area (Å²) in [5.74, 6) is 0.525. The number of anilines is 1. The number of nitrogens with two attached hydrogens (primary N) is 1. The normalized spacial score (nSPS) is 12.6. The number of pyridine rings is 1. The van der Waals surface area contributed by atoms with Crippen molar-refractivity contribution in [2.75, 3.05) is 5.73 Å². The molecule has 0 fully saturated rings. The van der Waals surface area contributed by atoms with Crippen LogP contribution in [-0.4, -0.2) is 26.2 Å². The fourth-order valence-corrected chi connectivity index (χ4v) is 3.29. The molecule has 0 saturated carbocycles. The molecule has 0 aliphatic carbocycles. The van der Waals surface area contributed by atoms with Crippen LogP contribution < -0.4 is 16.6 Å². The van der Waals surface area contributed by atoms with Crippen LogP contribution in [0.25, 0.3) is 16.6 Å². The van der Waals surface area contributed by atoms with Gasteiger partial charge < -0.3 is 15.8 Å². The molecule has 2 aromatic heterocycles. The molecule has 0 saturated heterocycles. The third-order valence-electron chi connectivity index (χ3n) is 4.10. The second kappa shape index (κ2) is 8.12. The second-order valence-corrected chi connectivity index (χ2v) is 8.49. The van der Waals surface area contributed by atoms with E-state index in [2.05, 4.69) is 15.3 Å². The predicted molar refractivity (Wildman–Crippen MR) is 117 cm³/mol. The van der Waals surface area contributed by atoms with Crippen molar-refractivity contribution in [2.24, 2.45) is 0 Å². The first-order valence-electron chi connectivity index (χ1n) is 9.10. The molecule has 0 spiro atoms. The van der Waals surface area contributed by atoms with Crippen LogP contribution in [-0.2, 0) is 4.74 Å². The van der Waals surface area contributed by atoms with E-state index in [1.807, 2.05) is 0 Å². The Labute approximate surface area is 183 Å². The number of ether oxygens (including phenoxy) is 1. The van der Waals surface area contributed by atoms with E-state index < -0.39 is 23.3 Å². The number of hydrogen-bond acceptors (Lipinski definition) is 6. The standard InChI is InChI=1S/C20H21Cl2N5O3/c1-10(25-19(29)30-20(2,3)4)17-26-16-13(22)7-6-12(21)15(16)18(28)27(17)11-5-8-14(23)24-9-11/h5-10H,1-4H3,(H2,23,24)(H,25,29)/t10-/m0/s1. The summed E-state index contributed by atoms with van der Waals surface area (Å²) in [4.78, 5) is 34.3. The molecule has 8 nitrogen and oxygen atoms in total. The van der Waals surface area contributed by atoms with E-state index in [0.29, 0.717) is 11.5 Å². The first-order chi connectivity index (χ1) is 14.0. The van der Waals surface area contributed by atoms with Gasteiger partial charge in [-0.15, -0.1) is 0 Å². The Hall–Kier alpha value is -2.84. The molecule has 3 N–H and O–H groups in total. The van der Waals surface area contributed by atoms with Crippen molar-refractivity contribution in [1.82, 2.24) is 19.9 Å². The third kappa shape index (κ3) is 4.49. The zero-order valence-corrected chi connectivity index (χ0v) is 18.4. The van der Waals surface area contributed by atoms with E-state index in [-0.39, 0.29) is 26.8 Å². The maximum atomic E-state index is 13.4. The number of nitrogens with zero attached hydrogens (tertiary/aromatic N) is 3. The number of nitrogens with one attached hydrogen (secondary N) is 1. The molecular weight excluding hydrogens is 429 g/mol. The first-order valence-corrected chi connectivity index (χ1v) is 9.85. The van der Waals surface area contributed by atoms with Crippen molar-refractivity contribution in [3.05, 3.63) is 56.7 Å². The average Bonchev–Trinajstić information content (AvgIpc) is 2.63. The molecule has 2 heterocycles. The minimum absolute atomic E-state index is 0.161. The Bertz CT molecular complexity index is 1170. The maximum Gasteiger partial charge on any atom is 0.408 e. The number of benzene rings is 1. The van der Waals surface area contributed by atoms with Crippen molar-refractivity contribution < 1.29 is 9.53 Å². The van der Waals surface area contributed by atoms with Gasteiger partial charge >= 0.3 is 6.09 Å². The lowest BCUT2D eigenvalue weighted by molar-refractivity contribution is 0.0505. The fraction of sp³-hybridized carbons (Fsp3) is 0.300. The van der Waals surface area contributed by atoms with Gasteiger partial charge in [0.15, 0.2) is 0 Å². The number of nitrogen functional groups attached to an aromatic ring is 1. The van der Waals surface area contributed by atoms with Crippen molar-refractivity contribution in [2.45, 2.75) is 39.3 Å². The Kier molecular flexibility index (Phi) is 5.92. The molecule has 158 valence electrons. The molecule has 3 rings (SSSR count). The molecule has 1 aromatic carbocycles. The van der Waals surface area contributed by atoms with Gasteiger partial charge in [-0.1, -0.05) is 23.2 Å². The third-order valence-corrected chi connectivity index (χ3v) is 4.72. The summed E-state index contributed by atoms with van der Waals surface area (Å²) < 4.78 is 6.63. The summed E-state index contributed by atoms with van der Waals surface area (Å²) in [6.07, 6.45) is 0.787. The van der Waals surface area contributed by atoms with E-state index in [0.717, 1.165) is 0 Å². The van der Waals surface area contributed by atoms with Crippen LogP contribution in [0.4, 0.5) is 10.6 Å². The second-order valence-electron chi connectivity index (χ2n) is 7.67. The van der Waals surface area contributed by atoms with Gasteiger partial charge in [-0.2, -0.15) is 0 Å². The topological polar surface area (TPSA) is 112 Å². The Morgan fingerprint density at radius 3 is 2.47 bits per heavy atom. The number of amides is 1. The van der Waals surface area contributed by atoms with E-state index in [1.165, 1.54) is 16.8 Å². The molecule has 1 atom stereocenters. The SMILES string of the molecule is C[C@H](NC(=O)OC(C)(C)C)c1nc2c(Cl)ccc(Cl)c2c(=O)n1-c1ccc(N)nc1. The van der Waals surface area contributed by atoms with Crippen molar-refractivity contribution >= 4 is 46.0 Å². The highest BCUT2D eigenvalue weighted by atomic mass is 35.5. The van der Waals surface area contributed by atoms with Crippen LogP contribution in [0.3, 0.4) is 0 Å². The summed E-state index contributed by atoms with van der Waals surface area (Å²) in [5, 5.41) is 3.33. The lowest BCUT2D eigenvalue weighted by Gasteiger charge is -2.23. The first kappa shape index (κ1) is 21.9. The summed E-state index contributed by atoms with van der Waals surface area (Å²) in [6, 6.07) is 5.57. The Morgan fingerprint density at radius 2 is 1.87 bits per heavy atom. The van der Waals surface area contributed by atoms with Crippen molar-refractivity contribution in [3.63, 3.8) is 0 Å². The highest BCUT2D eigenvalue weighted by Crippen LogP contribution is 2.28. The highest BCUT2D eigenvalue weighted by Gasteiger charge is 2.24. The van der Waals surface area contributed by atoms with Crippen LogP contribution in [0.2, 0.25) is 10.0 Å². The van der Waals surface area contributed by atoms with Gasteiger partial charge in [0.2, 0.25) is 0 Å². The Morgan fingerprint density at radius 1 is 1.20 bits per heavy atom. The number of halogens is 2. The quantitative estimate of drug-likeness (QED) is 0.617. The largest absolute Gasteiger partial charge is 0.444 e. The highest BCUT2D eigenvalue weighted by molar-refractivity contribution is 6.39. The van der Waals surface area contributed by atoms with Crippen molar-refractivity contribution in [3.8, 4) is 5.69 Å². The lowest BCUT2D eigenvalue weighted by Crippen LogP contribution is -2.37. The van der Waals surface area contributed by atoms with E-state index in [9.17, 15) is 9.59 Å². The fourth-order valence-electron chi connectivity index (χ4n) is 2.85. The van der Waals surface area contributed by atoms with Gasteiger partial charge in [-0.3, -0.25) is 9.36 Å². The molecular formula is C20H21Cl2N5O3. The van der Waals surface area contributed by atoms with Gasteiger partial charge in [-0.05, 0) is 52.0 Å². The minimum Gasteiger partial charge on any atom is -0.444 e. The van der Waals surface area contributed by atoms with E-state index in [4.69, 9.17) is 33.7 Å². The molecule has 1 amide bonds. The number of fused-ring (bicyclic) bond motifs is 1. The van der Waals surface area contributed by atoms with Gasteiger partial charge in [0.05, 0.1) is 38.9 Å². The van der Waals surface area contributed by atoms with Gasteiger partial charge in [0.25, 0.3) is 5.56 Å². The van der Waals surface area contributed by atoms with E-state index >= 15 is 0 Å². The summed E-state index contributed by atoms with van der Waals surface area (Å²) in [6.45, 7) is 6.94. The van der Waals surface area contributed by atoms with E-state index in [1.54, 1.807) is 45.9 Å². The number of carbonyl (C=O) groups excluding carboxylic acids is 1. The number of carbonyl (C=O) groups is 1. The predicted octanol–water partition coefficient (Wildman–Crippen LogP) is 4.26. The zero-order valence-electron chi connectivity index (χ0n) is 16.9. The van der Waals surface area contributed by atoms with Crippen LogP contribution >= 0.6 is 23.2 Å². The van der Waals surface area contributed by atoms with Crippen LogP contribution in [0, 0.1) is 0 Å². The summed E-state index contributed by atoms with van der Waals surface area (Å²) in [5.41, 5.74) is 5.19. The number of hydrogen-bond donors (Lipinski definition) is 2. The number of alkyl carbamates (subject to hydrolysis) is 1. The number of rotatable bonds is 3. The van der Waals surface area contributed by atoms with Crippen molar-refractivity contribution in [1.29, 1.82) is 0 Å². The smallest absolute Gasteiger partial charge is 0.408 e. The molecule has 0 bridgehead atoms. The maximum absolute atomic E-state index is 13.4. The molecule has 0 aliphatic heterocycles. The number of aromatic nitrogens is 3. The van der Waals surface area contributed by atoms with Crippen LogP contribution in [0.1, 0.15) is 39.6 Å².